The number of ether oxygens (including phenoxy) is 1. The number of unbranched alkanes of at least 4 members (excludes halogenated alkanes) is 26. The quantitative estimate of drug-likeness (QED) is 0.0463. The van der Waals surface area contributed by atoms with E-state index < -0.39 is 0 Å². The van der Waals surface area contributed by atoms with E-state index in [-0.39, 0.29) is 5.97 Å². The summed E-state index contributed by atoms with van der Waals surface area (Å²) >= 11 is 0. The Labute approximate surface area is 246 Å². The molecular weight excluding hydrogens is 476 g/mol. The fourth-order valence-electron chi connectivity index (χ4n) is 5.83. The van der Waals surface area contributed by atoms with E-state index in [0.29, 0.717) is 12.5 Å². The molecule has 0 fully saturated rings. The highest BCUT2D eigenvalue weighted by Gasteiger charge is 2.11. The van der Waals surface area contributed by atoms with Crippen LogP contribution >= 0.6 is 0 Å². The molecule has 0 aliphatic rings. The Balaban J connectivity index is 3.66. The van der Waals surface area contributed by atoms with E-state index in [2.05, 4.69) is 20.4 Å². The SMILES string of the molecule is C=CC(=O)OCC(CCCCCCCCCCCCCC)CCCCCCCCCCCCCCCCCC. The van der Waals surface area contributed by atoms with Gasteiger partial charge in [0, 0.05) is 6.08 Å². The second-order valence-corrected chi connectivity index (χ2v) is 12.5. The molecular formula is C37H72O2. The van der Waals surface area contributed by atoms with Crippen molar-refractivity contribution in [2.75, 3.05) is 6.61 Å². The zero-order valence-electron chi connectivity index (χ0n) is 27.1. The second kappa shape index (κ2) is 33.4. The van der Waals surface area contributed by atoms with Crippen molar-refractivity contribution in [3.8, 4) is 0 Å². The minimum Gasteiger partial charge on any atom is -0.462 e. The Morgan fingerprint density at radius 2 is 0.744 bits per heavy atom. The first-order valence-corrected chi connectivity index (χ1v) is 18.0. The summed E-state index contributed by atoms with van der Waals surface area (Å²) in [4.78, 5) is 11.6. The van der Waals surface area contributed by atoms with Crippen LogP contribution in [0.3, 0.4) is 0 Å². The van der Waals surface area contributed by atoms with Crippen LogP contribution in [0.15, 0.2) is 12.7 Å². The fourth-order valence-corrected chi connectivity index (χ4v) is 5.83. The van der Waals surface area contributed by atoms with E-state index >= 15 is 0 Å². The molecule has 0 amide bonds. The Bertz CT molecular complexity index is 486. The zero-order valence-corrected chi connectivity index (χ0v) is 27.1. The highest BCUT2D eigenvalue weighted by atomic mass is 16.5. The van der Waals surface area contributed by atoms with Crippen molar-refractivity contribution in [1.82, 2.24) is 0 Å². The van der Waals surface area contributed by atoms with E-state index in [4.69, 9.17) is 4.74 Å². The summed E-state index contributed by atoms with van der Waals surface area (Å²) in [5, 5.41) is 0. The van der Waals surface area contributed by atoms with Crippen molar-refractivity contribution >= 4 is 5.97 Å². The topological polar surface area (TPSA) is 26.3 Å². The number of hydrogen-bond donors (Lipinski definition) is 0. The first-order chi connectivity index (χ1) is 19.2. The third-order valence-electron chi connectivity index (χ3n) is 8.56. The lowest BCUT2D eigenvalue weighted by Crippen LogP contribution is -2.13. The summed E-state index contributed by atoms with van der Waals surface area (Å²) < 4.78 is 5.43. The highest BCUT2D eigenvalue weighted by molar-refractivity contribution is 5.81. The average Bonchev–Trinajstić information content (AvgIpc) is 2.95. The van der Waals surface area contributed by atoms with Crippen LogP contribution in [0.2, 0.25) is 0 Å². The van der Waals surface area contributed by atoms with E-state index in [0.717, 1.165) is 0 Å². The minimum absolute atomic E-state index is 0.262. The van der Waals surface area contributed by atoms with Gasteiger partial charge in [-0.1, -0.05) is 200 Å². The van der Waals surface area contributed by atoms with Gasteiger partial charge in [0.2, 0.25) is 0 Å². The predicted molar refractivity (Wildman–Crippen MR) is 175 cm³/mol. The van der Waals surface area contributed by atoms with E-state index in [1.165, 1.54) is 199 Å². The maximum Gasteiger partial charge on any atom is 0.330 e. The molecule has 39 heavy (non-hydrogen) atoms. The Morgan fingerprint density at radius 3 is 1.00 bits per heavy atom. The van der Waals surface area contributed by atoms with Gasteiger partial charge in [-0.2, -0.15) is 0 Å². The van der Waals surface area contributed by atoms with Gasteiger partial charge in [-0.25, -0.2) is 4.79 Å². The molecule has 1 unspecified atom stereocenters. The number of carbonyl (C=O) groups excluding carboxylic acids is 1. The molecule has 2 nitrogen and oxygen atoms in total. The van der Waals surface area contributed by atoms with Gasteiger partial charge in [0.15, 0.2) is 0 Å². The van der Waals surface area contributed by atoms with Crippen molar-refractivity contribution in [1.29, 1.82) is 0 Å². The molecule has 232 valence electrons. The van der Waals surface area contributed by atoms with Crippen LogP contribution < -0.4 is 0 Å². The highest BCUT2D eigenvalue weighted by Crippen LogP contribution is 2.21. The third-order valence-corrected chi connectivity index (χ3v) is 8.56. The molecule has 0 radical (unpaired) electrons. The summed E-state index contributed by atoms with van der Waals surface area (Å²) in [7, 11) is 0. The first-order valence-electron chi connectivity index (χ1n) is 18.0. The standard InChI is InChI=1S/C37H72O2/c1-4-7-9-11-13-15-17-19-20-21-22-24-26-28-30-32-34-36(35-39-37(38)6-3)33-31-29-27-25-23-18-16-14-12-10-8-5-2/h6,36H,3-5,7-35H2,1-2H3. The summed E-state index contributed by atoms with van der Waals surface area (Å²) in [5.74, 6) is 0.269. The smallest absolute Gasteiger partial charge is 0.330 e. The first kappa shape index (κ1) is 38.2. The lowest BCUT2D eigenvalue weighted by molar-refractivity contribution is -0.139. The molecule has 0 aromatic rings. The largest absolute Gasteiger partial charge is 0.462 e. The summed E-state index contributed by atoms with van der Waals surface area (Å²) in [5.41, 5.74) is 0. The maximum atomic E-state index is 11.6. The van der Waals surface area contributed by atoms with E-state index in [1.54, 1.807) is 0 Å². The summed E-state index contributed by atoms with van der Waals surface area (Å²) in [6, 6.07) is 0. The molecule has 1 atom stereocenters. The molecule has 0 saturated carbocycles. The van der Waals surface area contributed by atoms with E-state index in [1.807, 2.05) is 0 Å². The summed E-state index contributed by atoms with van der Waals surface area (Å²) in [6.45, 7) is 8.72. The molecule has 0 aliphatic heterocycles. The van der Waals surface area contributed by atoms with Crippen LogP contribution in [0.1, 0.15) is 206 Å². The monoisotopic (exact) mass is 549 g/mol. The van der Waals surface area contributed by atoms with Crippen LogP contribution in [0, 0.1) is 5.92 Å². The Morgan fingerprint density at radius 1 is 0.487 bits per heavy atom. The lowest BCUT2D eigenvalue weighted by Gasteiger charge is -2.16. The molecule has 0 aliphatic carbocycles. The molecule has 0 spiro atoms. The number of rotatable bonds is 33. The van der Waals surface area contributed by atoms with Gasteiger partial charge in [-0.15, -0.1) is 0 Å². The van der Waals surface area contributed by atoms with Gasteiger partial charge >= 0.3 is 5.97 Å². The van der Waals surface area contributed by atoms with E-state index in [9.17, 15) is 4.79 Å². The predicted octanol–water partition coefficient (Wildman–Crippen LogP) is 13.1. The van der Waals surface area contributed by atoms with Crippen molar-refractivity contribution < 1.29 is 9.53 Å². The maximum absolute atomic E-state index is 11.6. The molecule has 0 saturated heterocycles. The molecule has 0 aromatic carbocycles. The number of carbonyl (C=O) groups is 1. The van der Waals surface area contributed by atoms with Crippen LogP contribution in [-0.4, -0.2) is 12.6 Å². The van der Waals surface area contributed by atoms with Crippen LogP contribution in [0.5, 0.6) is 0 Å². The van der Waals surface area contributed by atoms with Gasteiger partial charge in [0.1, 0.15) is 0 Å². The van der Waals surface area contributed by atoms with Crippen molar-refractivity contribution in [3.63, 3.8) is 0 Å². The molecule has 0 heterocycles. The van der Waals surface area contributed by atoms with Gasteiger partial charge < -0.3 is 4.74 Å². The normalized spacial score (nSPS) is 12.1. The molecule has 0 bridgehead atoms. The Kier molecular flexibility index (Phi) is 32.7. The van der Waals surface area contributed by atoms with Crippen LogP contribution in [0.25, 0.3) is 0 Å². The summed E-state index contributed by atoms with van der Waals surface area (Å²) in [6.07, 6.45) is 43.0. The fraction of sp³-hybridized carbons (Fsp3) is 0.919. The molecule has 0 rings (SSSR count). The number of hydrogen-bond acceptors (Lipinski definition) is 2. The third kappa shape index (κ3) is 31.6. The van der Waals surface area contributed by atoms with Crippen LogP contribution in [-0.2, 0) is 9.53 Å². The van der Waals surface area contributed by atoms with Crippen molar-refractivity contribution in [2.24, 2.45) is 5.92 Å². The molecule has 0 aromatic heterocycles. The molecule has 0 N–H and O–H groups in total. The van der Waals surface area contributed by atoms with Crippen molar-refractivity contribution in [3.05, 3.63) is 12.7 Å². The van der Waals surface area contributed by atoms with Gasteiger partial charge in [0.05, 0.1) is 6.61 Å². The average molecular weight is 549 g/mol. The minimum atomic E-state index is -0.262. The van der Waals surface area contributed by atoms with Crippen LogP contribution in [0.4, 0.5) is 0 Å². The van der Waals surface area contributed by atoms with Gasteiger partial charge in [0.25, 0.3) is 0 Å². The van der Waals surface area contributed by atoms with Gasteiger partial charge in [-0.05, 0) is 18.8 Å². The van der Waals surface area contributed by atoms with Crippen molar-refractivity contribution in [2.45, 2.75) is 206 Å². The van der Waals surface area contributed by atoms with Gasteiger partial charge in [-0.3, -0.25) is 0 Å². The number of esters is 1. The lowest BCUT2D eigenvalue weighted by atomic mass is 9.94. The molecule has 2 heteroatoms. The zero-order chi connectivity index (χ0) is 28.5. The Hall–Kier alpha value is -0.790. The second-order valence-electron chi connectivity index (χ2n) is 12.5.